The molecule has 0 aliphatic heterocycles. The van der Waals surface area contributed by atoms with Crippen molar-refractivity contribution >= 4 is 40.2 Å². The Labute approximate surface area is 179 Å². The zero-order valence-electron chi connectivity index (χ0n) is 17.4. The Bertz CT molecular complexity index is 1280. The molecule has 0 saturated carbocycles. The van der Waals surface area contributed by atoms with Crippen LogP contribution in [0.25, 0.3) is 23.2 Å². The van der Waals surface area contributed by atoms with E-state index in [1.165, 1.54) is 27.1 Å². The molecule has 0 bridgehead atoms. The Kier molecular flexibility index (Phi) is 5.77. The van der Waals surface area contributed by atoms with Crippen LogP contribution in [0.2, 0.25) is 0 Å². The highest BCUT2D eigenvalue weighted by Gasteiger charge is 2.09. The van der Waals surface area contributed by atoms with Gasteiger partial charge in [0.2, 0.25) is 4.96 Å². The van der Waals surface area contributed by atoms with E-state index in [1.54, 1.807) is 0 Å². The zero-order valence-corrected chi connectivity index (χ0v) is 18.2. The van der Waals surface area contributed by atoms with Crippen LogP contribution in [0.15, 0.2) is 53.3 Å². The molecule has 152 valence electrons. The number of hydrogen-bond donors (Lipinski definition) is 0. The molecule has 0 amide bonds. The predicted octanol–water partition coefficient (Wildman–Crippen LogP) is 4.02. The fraction of sp³-hybridized carbons (Fsp3) is 0.208. The van der Waals surface area contributed by atoms with Crippen molar-refractivity contribution in [2.75, 3.05) is 18.0 Å². The Morgan fingerprint density at radius 3 is 2.27 bits per heavy atom. The fourth-order valence-corrected chi connectivity index (χ4v) is 4.20. The number of anilines is 1. The lowest BCUT2D eigenvalue weighted by Crippen LogP contribution is -2.23. The molecule has 6 heteroatoms. The summed E-state index contributed by atoms with van der Waals surface area (Å²) in [6.45, 7) is 8.29. The molecule has 2 aromatic carbocycles. The van der Waals surface area contributed by atoms with Gasteiger partial charge >= 0.3 is 0 Å². The molecule has 0 unspecified atom stereocenters. The molecule has 0 radical (unpaired) electrons. The molecule has 0 aliphatic rings. The summed E-state index contributed by atoms with van der Waals surface area (Å²) in [4.78, 5) is 20.1. The lowest BCUT2D eigenvalue weighted by atomic mass is 10.1. The Morgan fingerprint density at radius 2 is 1.63 bits per heavy atom. The molecule has 4 rings (SSSR count). The van der Waals surface area contributed by atoms with Crippen LogP contribution in [0.1, 0.15) is 36.4 Å². The number of hydrogen-bond acceptors (Lipinski definition) is 5. The normalized spacial score (nSPS) is 12.3. The lowest BCUT2D eigenvalue weighted by molar-refractivity contribution is 0.866. The van der Waals surface area contributed by atoms with Crippen molar-refractivity contribution in [2.45, 2.75) is 20.8 Å². The van der Waals surface area contributed by atoms with Crippen LogP contribution >= 0.6 is 11.3 Å². The maximum Gasteiger partial charge on any atom is 0.291 e. The minimum Gasteiger partial charge on any atom is -0.372 e. The monoisotopic (exact) mass is 416 g/mol. The molecule has 0 aliphatic carbocycles. The second-order valence-corrected chi connectivity index (χ2v) is 8.10. The van der Waals surface area contributed by atoms with E-state index >= 15 is 0 Å². The van der Waals surface area contributed by atoms with Gasteiger partial charge in [-0.2, -0.15) is 9.50 Å². The van der Waals surface area contributed by atoms with Gasteiger partial charge in [-0.3, -0.25) is 4.79 Å². The van der Waals surface area contributed by atoms with E-state index in [0.29, 0.717) is 15.3 Å². The molecule has 5 nitrogen and oxygen atoms in total. The van der Waals surface area contributed by atoms with Gasteiger partial charge in [-0.25, -0.2) is 0 Å². The summed E-state index contributed by atoms with van der Waals surface area (Å²) in [6, 6.07) is 16.5. The quantitative estimate of drug-likeness (QED) is 0.476. The van der Waals surface area contributed by atoms with E-state index in [4.69, 9.17) is 0 Å². The highest BCUT2D eigenvalue weighted by Crippen LogP contribution is 2.15. The molecule has 0 N–H and O–H groups in total. The van der Waals surface area contributed by atoms with Crippen LogP contribution in [-0.2, 0) is 0 Å². The predicted molar refractivity (Wildman–Crippen MR) is 126 cm³/mol. The average Bonchev–Trinajstić information content (AvgIpc) is 3.28. The molecular formula is C24H24N4OS. The van der Waals surface area contributed by atoms with Crippen LogP contribution in [0.3, 0.4) is 0 Å². The SMILES string of the molecule is CCN(CC)c1ccc(/C=c2/sc3nc(/C=C/c4ccc(C)cc4)nn3c2=O)cc1. The van der Waals surface area contributed by atoms with Gasteiger partial charge in [0, 0.05) is 18.8 Å². The topological polar surface area (TPSA) is 50.5 Å². The average molecular weight is 417 g/mol. The van der Waals surface area contributed by atoms with Crippen molar-refractivity contribution in [1.29, 1.82) is 0 Å². The van der Waals surface area contributed by atoms with Gasteiger partial charge in [0.1, 0.15) is 0 Å². The van der Waals surface area contributed by atoms with Crippen molar-refractivity contribution in [3.63, 3.8) is 0 Å². The highest BCUT2D eigenvalue weighted by atomic mass is 32.1. The largest absolute Gasteiger partial charge is 0.372 e. The third kappa shape index (κ3) is 4.19. The smallest absolute Gasteiger partial charge is 0.291 e. The van der Waals surface area contributed by atoms with Crippen LogP contribution in [0, 0.1) is 6.92 Å². The zero-order chi connectivity index (χ0) is 21.1. The van der Waals surface area contributed by atoms with Gasteiger partial charge in [-0.1, -0.05) is 59.4 Å². The second-order valence-electron chi connectivity index (χ2n) is 7.09. The van der Waals surface area contributed by atoms with Gasteiger partial charge in [-0.15, -0.1) is 5.10 Å². The van der Waals surface area contributed by atoms with E-state index in [-0.39, 0.29) is 5.56 Å². The van der Waals surface area contributed by atoms with Crippen LogP contribution in [0.4, 0.5) is 5.69 Å². The molecule has 4 aromatic rings. The first-order valence-corrected chi connectivity index (χ1v) is 10.9. The summed E-state index contributed by atoms with van der Waals surface area (Å²) in [5, 5.41) is 4.36. The highest BCUT2D eigenvalue weighted by molar-refractivity contribution is 7.15. The summed E-state index contributed by atoms with van der Waals surface area (Å²) in [5.74, 6) is 0.536. The molecule has 30 heavy (non-hydrogen) atoms. The number of aryl methyl sites for hydroxylation is 1. The maximum absolute atomic E-state index is 12.7. The molecule has 2 heterocycles. The first kappa shape index (κ1) is 20.0. The molecule has 0 atom stereocenters. The summed E-state index contributed by atoms with van der Waals surface area (Å²) < 4.78 is 2.02. The maximum atomic E-state index is 12.7. The molecule has 2 aromatic heterocycles. The van der Waals surface area contributed by atoms with Crippen molar-refractivity contribution in [2.24, 2.45) is 0 Å². The standard InChI is InChI=1S/C24H24N4OS/c1-4-27(5-2)20-13-10-19(11-14-20)16-21-23(29)28-24(30-21)25-22(26-28)15-12-18-8-6-17(3)7-9-18/h6-16H,4-5H2,1-3H3/b15-12+,21-16+. The van der Waals surface area contributed by atoms with Crippen molar-refractivity contribution in [3.05, 3.63) is 85.9 Å². The lowest BCUT2D eigenvalue weighted by Gasteiger charge is -2.20. The number of benzene rings is 2. The third-order valence-electron chi connectivity index (χ3n) is 5.02. The van der Waals surface area contributed by atoms with Crippen LogP contribution in [0.5, 0.6) is 0 Å². The summed E-state index contributed by atoms with van der Waals surface area (Å²) in [7, 11) is 0. The molecule has 0 fully saturated rings. The van der Waals surface area contributed by atoms with Crippen molar-refractivity contribution in [3.8, 4) is 0 Å². The molecular weight excluding hydrogens is 392 g/mol. The van der Waals surface area contributed by atoms with E-state index < -0.39 is 0 Å². The summed E-state index contributed by atoms with van der Waals surface area (Å²) in [6.07, 6.45) is 5.68. The Balaban J connectivity index is 1.59. The molecule has 0 saturated heterocycles. The van der Waals surface area contributed by atoms with Gasteiger partial charge in [0.25, 0.3) is 5.56 Å². The van der Waals surface area contributed by atoms with E-state index in [2.05, 4.69) is 60.0 Å². The number of fused-ring (bicyclic) bond motifs is 1. The molecule has 0 spiro atoms. The second kappa shape index (κ2) is 8.63. The first-order chi connectivity index (χ1) is 14.6. The first-order valence-electron chi connectivity index (χ1n) is 10.1. The minimum atomic E-state index is -0.134. The van der Waals surface area contributed by atoms with E-state index in [1.807, 2.05) is 42.5 Å². The number of thiazole rings is 1. The fourth-order valence-electron chi connectivity index (χ4n) is 3.29. The Morgan fingerprint density at radius 1 is 0.967 bits per heavy atom. The van der Waals surface area contributed by atoms with Crippen LogP contribution < -0.4 is 15.0 Å². The Hall–Kier alpha value is -3.25. The summed E-state index contributed by atoms with van der Waals surface area (Å²) in [5.41, 5.74) is 4.34. The van der Waals surface area contributed by atoms with Crippen molar-refractivity contribution in [1.82, 2.24) is 14.6 Å². The third-order valence-corrected chi connectivity index (χ3v) is 5.98. The van der Waals surface area contributed by atoms with E-state index in [0.717, 1.165) is 24.2 Å². The number of nitrogens with zero attached hydrogens (tertiary/aromatic N) is 4. The van der Waals surface area contributed by atoms with Gasteiger partial charge in [0.15, 0.2) is 5.82 Å². The summed E-state index contributed by atoms with van der Waals surface area (Å²) >= 11 is 1.36. The van der Waals surface area contributed by atoms with Gasteiger partial charge in [0.05, 0.1) is 4.53 Å². The van der Waals surface area contributed by atoms with Gasteiger partial charge < -0.3 is 4.90 Å². The van der Waals surface area contributed by atoms with Crippen molar-refractivity contribution < 1.29 is 0 Å². The number of aromatic nitrogens is 3. The van der Waals surface area contributed by atoms with E-state index in [9.17, 15) is 4.79 Å². The minimum absolute atomic E-state index is 0.134. The number of rotatable bonds is 6. The van der Waals surface area contributed by atoms with Crippen LogP contribution in [-0.4, -0.2) is 27.7 Å². The van der Waals surface area contributed by atoms with Gasteiger partial charge in [-0.05, 0) is 56.2 Å².